The third kappa shape index (κ3) is 15.9. The molecule has 6 nitrogen and oxygen atoms in total. The molecule has 0 saturated carbocycles. The fourth-order valence-corrected chi connectivity index (χ4v) is 12.0. The summed E-state index contributed by atoms with van der Waals surface area (Å²) in [6.07, 6.45) is 3.95. The second-order valence-corrected chi connectivity index (χ2v) is 23.2. The largest absolute Gasteiger partial charge is 3.00 e. The minimum absolute atomic E-state index is 0. The van der Waals surface area contributed by atoms with Gasteiger partial charge in [-0.15, -0.1) is 0 Å². The first kappa shape index (κ1) is 34.3. The predicted molar refractivity (Wildman–Crippen MR) is 146 cm³/mol. The summed E-state index contributed by atoms with van der Waals surface area (Å²) in [6, 6.07) is 0. The van der Waals surface area contributed by atoms with E-state index in [1.165, 1.54) is 0 Å². The summed E-state index contributed by atoms with van der Waals surface area (Å²) in [5.41, 5.74) is -6.51. The molecule has 6 atom stereocenters. The van der Waals surface area contributed by atoms with Gasteiger partial charge in [0.2, 0.25) is 17.1 Å². The Morgan fingerprint density at radius 1 is 0.484 bits per heavy atom. The molecule has 3 aliphatic rings. The monoisotopic (exact) mass is 646 g/mol. The van der Waals surface area contributed by atoms with Crippen LogP contribution in [0.25, 0.3) is 0 Å². The molecule has 3 aliphatic heterocycles. The number of hydrogen-bond donors (Lipinski definition) is 0. The van der Waals surface area contributed by atoms with Gasteiger partial charge in [0.25, 0.3) is 0 Å². The topological polar surface area (TPSA) is 55.4 Å². The molecule has 16 heteroatoms. The molecule has 6 unspecified atom stereocenters. The van der Waals surface area contributed by atoms with Crippen molar-refractivity contribution >= 4 is 89.2 Å². The number of rotatable bonds is 0. The van der Waals surface area contributed by atoms with Gasteiger partial charge in [0.1, 0.15) is 0 Å². The average Bonchev–Trinajstić information content (AvgIpc) is 2.39. The second kappa shape index (κ2) is 14.9. The van der Waals surface area contributed by atoms with Crippen LogP contribution in [0, 0.1) is 0 Å². The summed E-state index contributed by atoms with van der Waals surface area (Å²) in [5, 5.41) is 0. The van der Waals surface area contributed by atoms with Crippen molar-refractivity contribution in [1.82, 2.24) is 0 Å². The SMILES string of the molecule is CC1CC(C)OP([S-])(=[SH+])O1.CC1CC(C)OP([S-])(=[SH+])O1.CC1CC(C)OP([S-])(=[SH+])O1.[Cr+3]. The minimum atomic E-state index is -2.17. The Morgan fingerprint density at radius 3 is 0.710 bits per heavy atom. The first-order chi connectivity index (χ1) is 13.5. The maximum Gasteiger partial charge on any atom is 3.00 e. The standard InChI is InChI=1S/3C5H11O2PS2.Cr/c3*1-4-3-5(2)7-8(9,10)6-4;/h3*4-5H,3H2,1-2H3,(H,9,10);/q;;;+3. The van der Waals surface area contributed by atoms with Crippen molar-refractivity contribution in [3.8, 4) is 0 Å². The molecule has 3 heterocycles. The Morgan fingerprint density at radius 2 is 0.613 bits per heavy atom. The van der Waals surface area contributed by atoms with Crippen LogP contribution in [0.2, 0.25) is 0 Å². The van der Waals surface area contributed by atoms with Gasteiger partial charge >= 0.3 is 17.4 Å². The molecule has 3 rings (SSSR count). The Labute approximate surface area is 229 Å². The van der Waals surface area contributed by atoms with Crippen molar-refractivity contribution in [2.75, 3.05) is 0 Å². The molecule has 0 bridgehead atoms. The van der Waals surface area contributed by atoms with Gasteiger partial charge in [-0.05, 0) is 41.5 Å². The van der Waals surface area contributed by atoms with Crippen molar-refractivity contribution in [3.05, 3.63) is 0 Å². The van der Waals surface area contributed by atoms with Crippen molar-refractivity contribution in [3.63, 3.8) is 0 Å². The first-order valence-corrected chi connectivity index (χ1v) is 20.9. The van der Waals surface area contributed by atoms with Crippen molar-refractivity contribution in [2.24, 2.45) is 0 Å². The fourth-order valence-electron chi connectivity index (χ4n) is 3.10. The fraction of sp³-hybridized carbons (Fsp3) is 1.00. The van der Waals surface area contributed by atoms with Crippen LogP contribution < -0.4 is 0 Å². The molecule has 0 aromatic carbocycles. The van der Waals surface area contributed by atoms with Gasteiger partial charge < -0.3 is 63.9 Å². The van der Waals surface area contributed by atoms with E-state index in [0.717, 1.165) is 19.3 Å². The Balaban J connectivity index is 0.000000429. The van der Waals surface area contributed by atoms with Gasteiger partial charge in [0, 0.05) is 19.3 Å². The van der Waals surface area contributed by atoms with Gasteiger partial charge in [-0.2, -0.15) is 0 Å². The van der Waals surface area contributed by atoms with Gasteiger partial charge in [0.15, 0.2) is 35.4 Å². The van der Waals surface area contributed by atoms with Gasteiger partial charge in [-0.3, -0.25) is 0 Å². The molecule has 3 fully saturated rings. The van der Waals surface area contributed by atoms with Crippen LogP contribution >= 0.6 is 17.1 Å². The maximum atomic E-state index is 5.31. The molecular formula is C15H33CrO6P3S6+3. The van der Waals surface area contributed by atoms with Crippen molar-refractivity contribution in [1.29, 1.82) is 0 Å². The summed E-state index contributed by atoms with van der Waals surface area (Å²) in [7, 11) is 0. The van der Waals surface area contributed by atoms with Crippen LogP contribution in [0.5, 0.6) is 0 Å². The summed E-state index contributed by atoms with van der Waals surface area (Å²) < 4.78 is 31.9. The van der Waals surface area contributed by atoms with E-state index in [1.54, 1.807) is 0 Å². The number of hydrogen-bond acceptors (Lipinski definition) is 9. The van der Waals surface area contributed by atoms with E-state index in [0.29, 0.717) is 0 Å². The minimum Gasteiger partial charge on any atom is -0.640 e. The average molecular weight is 647 g/mol. The van der Waals surface area contributed by atoms with Crippen molar-refractivity contribution < 1.29 is 44.5 Å². The van der Waals surface area contributed by atoms with E-state index >= 15 is 0 Å². The summed E-state index contributed by atoms with van der Waals surface area (Å²) in [4.78, 5) is 0. The third-order valence-corrected chi connectivity index (χ3v) is 10.9. The molecule has 0 amide bonds. The zero-order valence-electron chi connectivity index (χ0n) is 18.4. The predicted octanol–water partition coefficient (Wildman–Crippen LogP) is 5.11. The van der Waals surface area contributed by atoms with E-state index in [4.69, 9.17) is 63.9 Å². The number of thiol groups is 3. The molecule has 0 aromatic heterocycles. The third-order valence-electron chi connectivity index (χ3n) is 3.87. The zero-order chi connectivity index (χ0) is 23.3. The van der Waals surface area contributed by atoms with Crippen LogP contribution in [-0.2, 0) is 117 Å². The van der Waals surface area contributed by atoms with Crippen LogP contribution in [0.4, 0.5) is 0 Å². The smallest absolute Gasteiger partial charge is 0.640 e. The normalized spacial score (nSPS) is 47.5. The summed E-state index contributed by atoms with van der Waals surface area (Å²) in [6.45, 7) is 12.0. The van der Waals surface area contributed by atoms with E-state index in [9.17, 15) is 0 Å². The Hall–Kier alpha value is 3.29. The summed E-state index contributed by atoms with van der Waals surface area (Å²) in [5.74, 6) is 0. The Kier molecular flexibility index (Phi) is 16.5. The quantitative estimate of drug-likeness (QED) is 0.155. The van der Waals surface area contributed by atoms with Crippen molar-refractivity contribution in [2.45, 2.75) is 97.4 Å². The molecule has 0 aliphatic carbocycles. The molecule has 183 valence electrons. The maximum absolute atomic E-state index is 5.31. The molecule has 3 saturated heterocycles. The van der Waals surface area contributed by atoms with Crippen LogP contribution in [0.15, 0.2) is 0 Å². The van der Waals surface area contributed by atoms with Gasteiger partial charge in [-0.25, -0.2) is 0 Å². The molecule has 1 radical (unpaired) electrons. The van der Waals surface area contributed by atoms with Crippen LogP contribution in [0.1, 0.15) is 60.8 Å². The zero-order valence-corrected chi connectivity index (χ0v) is 27.4. The van der Waals surface area contributed by atoms with Crippen LogP contribution in [0.3, 0.4) is 0 Å². The molecular weight excluding hydrogens is 613 g/mol. The van der Waals surface area contributed by atoms with E-state index in [-0.39, 0.29) is 54.0 Å². The molecule has 0 spiro atoms. The van der Waals surface area contributed by atoms with Crippen LogP contribution in [-0.4, -0.2) is 36.6 Å². The van der Waals surface area contributed by atoms with E-state index < -0.39 is 17.1 Å². The van der Waals surface area contributed by atoms with E-state index in [1.807, 2.05) is 41.5 Å². The van der Waals surface area contributed by atoms with E-state index in [2.05, 4.69) is 35.4 Å². The second-order valence-electron chi connectivity index (χ2n) is 7.61. The Bertz CT molecular complexity index is 574. The van der Waals surface area contributed by atoms with Gasteiger partial charge in [0.05, 0.1) is 36.6 Å². The molecule has 0 aromatic rings. The summed E-state index contributed by atoms with van der Waals surface area (Å²) >= 11 is 27.3. The molecule has 0 N–H and O–H groups in total. The first-order valence-electron chi connectivity index (χ1n) is 9.57. The van der Waals surface area contributed by atoms with Gasteiger partial charge in [-0.1, -0.05) is 0 Å². The molecule has 31 heavy (non-hydrogen) atoms.